The molecule has 3 unspecified atom stereocenters. The summed E-state index contributed by atoms with van der Waals surface area (Å²) in [6.45, 7) is 7.67. The first-order valence-electron chi connectivity index (χ1n) is 13.4. The minimum absolute atomic E-state index is 0.417. The summed E-state index contributed by atoms with van der Waals surface area (Å²) in [5.74, 6) is 3.95. The lowest BCUT2D eigenvalue weighted by molar-refractivity contribution is -0.102. The maximum atomic E-state index is 12.0. The summed E-state index contributed by atoms with van der Waals surface area (Å²) in [6.07, 6.45) is 5.17. The fraction of sp³-hybridized carbons (Fsp3) is 0.615. The molecule has 10 nitrogen and oxygen atoms in total. The van der Waals surface area contributed by atoms with Crippen LogP contribution in [0.25, 0.3) is 10.2 Å². The number of anilines is 4. The predicted octanol–water partition coefficient (Wildman–Crippen LogP) is 3.82. The third kappa shape index (κ3) is 4.82. The number of aromatic nitrogens is 4. The molecule has 7 rings (SSSR count). The minimum atomic E-state index is -3.21. The van der Waals surface area contributed by atoms with Gasteiger partial charge in [-0.3, -0.25) is 0 Å². The Labute approximate surface area is 228 Å². The minimum Gasteiger partial charge on any atom is -0.343 e. The Morgan fingerprint density at radius 1 is 1.13 bits per heavy atom. The van der Waals surface area contributed by atoms with Crippen molar-refractivity contribution in [2.45, 2.75) is 33.1 Å². The summed E-state index contributed by atoms with van der Waals surface area (Å²) in [7, 11) is -1.14. The van der Waals surface area contributed by atoms with E-state index in [1.165, 1.54) is 29.8 Å². The van der Waals surface area contributed by atoms with Gasteiger partial charge in [-0.2, -0.15) is 19.3 Å². The highest BCUT2D eigenvalue weighted by Crippen LogP contribution is 2.61. The molecule has 2 aromatic heterocycles. The van der Waals surface area contributed by atoms with Gasteiger partial charge in [0, 0.05) is 45.5 Å². The lowest BCUT2D eigenvalue weighted by Crippen LogP contribution is -2.54. The van der Waals surface area contributed by atoms with Crippen molar-refractivity contribution in [2.75, 3.05) is 61.1 Å². The van der Waals surface area contributed by atoms with E-state index in [9.17, 15) is 8.42 Å². The largest absolute Gasteiger partial charge is 0.343 e. The number of nitrogens with zero attached hydrogens (tertiary/aromatic N) is 7. The summed E-state index contributed by atoms with van der Waals surface area (Å²) in [6, 6.07) is 6.03. The van der Waals surface area contributed by atoms with Crippen LogP contribution < -0.4 is 15.1 Å². The Morgan fingerprint density at radius 2 is 1.92 bits per heavy atom. The van der Waals surface area contributed by atoms with Crippen LogP contribution in [0.3, 0.4) is 0 Å². The van der Waals surface area contributed by atoms with Crippen LogP contribution in [-0.2, 0) is 10.0 Å². The van der Waals surface area contributed by atoms with Gasteiger partial charge in [0.15, 0.2) is 0 Å². The summed E-state index contributed by atoms with van der Waals surface area (Å²) in [5, 5.41) is 3.38. The number of rotatable bonds is 7. The van der Waals surface area contributed by atoms with Gasteiger partial charge in [0.05, 0.1) is 22.0 Å². The van der Waals surface area contributed by atoms with Crippen LogP contribution in [0, 0.1) is 23.2 Å². The molecule has 38 heavy (non-hydrogen) atoms. The van der Waals surface area contributed by atoms with Crippen molar-refractivity contribution in [1.29, 1.82) is 0 Å². The lowest BCUT2D eigenvalue weighted by Gasteiger charge is -2.60. The molecule has 1 aromatic carbocycles. The topological polar surface area (TPSA) is 107 Å². The van der Waals surface area contributed by atoms with Crippen LogP contribution in [-0.4, -0.2) is 78.7 Å². The average molecular weight is 557 g/mol. The number of hydrogen-bond donors (Lipinski definition) is 1. The Morgan fingerprint density at radius 3 is 2.63 bits per heavy atom. The van der Waals surface area contributed by atoms with Crippen molar-refractivity contribution in [1.82, 2.24) is 24.2 Å². The van der Waals surface area contributed by atoms with Crippen molar-refractivity contribution < 1.29 is 8.42 Å². The molecule has 2 bridgehead atoms. The molecule has 0 spiro atoms. The van der Waals surface area contributed by atoms with E-state index in [1.54, 1.807) is 11.3 Å². The van der Waals surface area contributed by atoms with E-state index in [2.05, 4.69) is 47.1 Å². The van der Waals surface area contributed by atoms with Gasteiger partial charge in [-0.1, -0.05) is 13.8 Å². The molecule has 1 aliphatic heterocycles. The standard InChI is InChI=1S/C26H36N8O2S2/c1-26(2)18-6-5-17(20(26)13-18)15-32(3)24-29-23(28-19-7-8-21-22(14-19)37-16-27-21)30-25(31-24)33-9-11-34(12-10-33)38(4,35)36/h7-8,14,16-18,20H,5-6,9-13,15H2,1-4H3,(H,28,29,30,31). The fourth-order valence-electron chi connectivity index (χ4n) is 6.62. The summed E-state index contributed by atoms with van der Waals surface area (Å²) >= 11 is 1.60. The van der Waals surface area contributed by atoms with E-state index in [0.29, 0.717) is 55.4 Å². The van der Waals surface area contributed by atoms with Gasteiger partial charge in [-0.25, -0.2) is 13.4 Å². The van der Waals surface area contributed by atoms with Crippen LogP contribution in [0.15, 0.2) is 23.7 Å². The molecule has 3 aromatic rings. The zero-order chi connectivity index (χ0) is 26.7. The first-order valence-corrected chi connectivity index (χ1v) is 16.1. The smallest absolute Gasteiger partial charge is 0.233 e. The molecule has 12 heteroatoms. The number of hydrogen-bond acceptors (Lipinski definition) is 10. The number of nitrogens with one attached hydrogen (secondary N) is 1. The lowest BCUT2D eigenvalue weighted by atomic mass is 9.45. The molecule has 4 aliphatic rings. The van der Waals surface area contributed by atoms with Crippen LogP contribution >= 0.6 is 11.3 Å². The molecule has 3 heterocycles. The van der Waals surface area contributed by atoms with E-state index in [0.717, 1.165) is 34.3 Å². The predicted molar refractivity (Wildman–Crippen MR) is 153 cm³/mol. The van der Waals surface area contributed by atoms with E-state index >= 15 is 0 Å². The number of benzene rings is 1. The third-order valence-electron chi connectivity index (χ3n) is 9.04. The maximum Gasteiger partial charge on any atom is 0.233 e. The zero-order valence-corrected chi connectivity index (χ0v) is 24.1. The Hall–Kier alpha value is -2.57. The molecular weight excluding hydrogens is 520 g/mol. The first-order chi connectivity index (χ1) is 18.1. The van der Waals surface area contributed by atoms with E-state index in [1.807, 2.05) is 17.6 Å². The Kier molecular flexibility index (Phi) is 6.47. The van der Waals surface area contributed by atoms with Crippen molar-refractivity contribution in [3.63, 3.8) is 0 Å². The van der Waals surface area contributed by atoms with Crippen LogP contribution in [0.5, 0.6) is 0 Å². The van der Waals surface area contributed by atoms with E-state index < -0.39 is 10.0 Å². The molecule has 0 radical (unpaired) electrons. The van der Waals surface area contributed by atoms with Gasteiger partial charge in [0.2, 0.25) is 27.9 Å². The van der Waals surface area contributed by atoms with Gasteiger partial charge in [-0.15, -0.1) is 11.3 Å². The van der Waals surface area contributed by atoms with Crippen LogP contribution in [0.2, 0.25) is 0 Å². The summed E-state index contributed by atoms with van der Waals surface area (Å²) in [5.41, 5.74) is 4.13. The quantitative estimate of drug-likeness (QED) is 0.465. The normalized spacial score (nSPS) is 25.3. The van der Waals surface area contributed by atoms with Gasteiger partial charge in [0.25, 0.3) is 0 Å². The maximum absolute atomic E-state index is 12.0. The monoisotopic (exact) mass is 556 g/mol. The van der Waals surface area contributed by atoms with E-state index in [-0.39, 0.29) is 0 Å². The fourth-order valence-corrected chi connectivity index (χ4v) is 8.16. The highest BCUT2D eigenvalue weighted by molar-refractivity contribution is 7.88. The van der Waals surface area contributed by atoms with Crippen molar-refractivity contribution in [2.24, 2.45) is 23.2 Å². The summed E-state index contributed by atoms with van der Waals surface area (Å²) in [4.78, 5) is 23.1. The molecular formula is C26H36N8O2S2. The van der Waals surface area contributed by atoms with E-state index in [4.69, 9.17) is 15.0 Å². The number of piperazine rings is 1. The Bertz CT molecular complexity index is 1430. The molecule has 204 valence electrons. The molecule has 1 N–H and O–H groups in total. The third-order valence-corrected chi connectivity index (χ3v) is 11.1. The molecule has 0 amide bonds. The Balaban J connectivity index is 1.26. The zero-order valence-electron chi connectivity index (χ0n) is 22.5. The molecule has 1 saturated heterocycles. The molecule has 3 aliphatic carbocycles. The number of thiazole rings is 1. The summed E-state index contributed by atoms with van der Waals surface area (Å²) < 4.78 is 26.6. The van der Waals surface area contributed by atoms with Crippen molar-refractivity contribution in [3.05, 3.63) is 23.7 Å². The second kappa shape index (κ2) is 9.56. The van der Waals surface area contributed by atoms with Gasteiger partial charge >= 0.3 is 0 Å². The van der Waals surface area contributed by atoms with Gasteiger partial charge in [0.1, 0.15) is 0 Å². The molecule has 3 saturated carbocycles. The number of fused-ring (bicyclic) bond motifs is 3. The van der Waals surface area contributed by atoms with Crippen molar-refractivity contribution in [3.8, 4) is 0 Å². The second-order valence-electron chi connectivity index (χ2n) is 11.6. The molecule has 4 fully saturated rings. The van der Waals surface area contributed by atoms with Crippen LogP contribution in [0.1, 0.15) is 33.1 Å². The van der Waals surface area contributed by atoms with Crippen LogP contribution in [0.4, 0.5) is 23.5 Å². The molecule has 3 atom stereocenters. The first kappa shape index (κ1) is 25.7. The second-order valence-corrected chi connectivity index (χ2v) is 14.5. The van der Waals surface area contributed by atoms with Crippen molar-refractivity contribution >= 4 is 55.1 Å². The van der Waals surface area contributed by atoms with Gasteiger partial charge < -0.3 is 15.1 Å². The SMILES string of the molecule is CN(CC1CCC2CC1C2(C)C)c1nc(Nc2ccc3ncsc3c2)nc(N2CCN(S(C)(=O)=O)CC2)n1. The number of sulfonamides is 1. The highest BCUT2D eigenvalue weighted by atomic mass is 32.2. The van der Waals surface area contributed by atoms with Gasteiger partial charge in [-0.05, 0) is 60.6 Å². The highest BCUT2D eigenvalue weighted by Gasteiger charge is 2.54. The average Bonchev–Trinajstić information content (AvgIpc) is 3.36.